The predicted octanol–water partition coefficient (Wildman–Crippen LogP) is 3.32. The van der Waals surface area contributed by atoms with Gasteiger partial charge in [-0.25, -0.2) is 0 Å². The molecule has 1 N–H and O–H groups in total. The van der Waals surface area contributed by atoms with Crippen molar-refractivity contribution in [1.82, 2.24) is 0 Å². The zero-order valence-corrected chi connectivity index (χ0v) is 9.24. The number of aliphatic hydroxyl groups is 1. The number of halogens is 3. The largest absolute Gasteiger partial charge is 0.446 e. The monoisotopic (exact) mass is 248 g/mol. The molecule has 0 aliphatic heterocycles. The third-order valence-corrected chi connectivity index (χ3v) is 3.60. The molecule has 1 aliphatic carbocycles. The zero-order chi connectivity index (χ0) is 11.8. The second kappa shape index (κ2) is 3.96. The highest BCUT2D eigenvalue weighted by Gasteiger charge is 2.43. The maximum absolute atomic E-state index is 12.1. The van der Waals surface area contributed by atoms with E-state index in [1.165, 1.54) is 12.1 Å². The first kappa shape index (κ1) is 11.8. The van der Waals surface area contributed by atoms with E-state index in [1.54, 1.807) is 12.1 Å². The lowest BCUT2D eigenvalue weighted by molar-refractivity contribution is -0.0328. The topological polar surface area (TPSA) is 20.2 Å². The van der Waals surface area contributed by atoms with Crippen LogP contribution in [-0.4, -0.2) is 17.2 Å². The number of thioether (sulfide) groups is 1. The smallest absolute Gasteiger partial charge is 0.395 e. The minimum atomic E-state index is -4.24. The summed E-state index contributed by atoms with van der Waals surface area (Å²) in [5, 5.41) is 9.18. The molecule has 5 heteroatoms. The second-order valence-electron chi connectivity index (χ2n) is 4.01. The van der Waals surface area contributed by atoms with Crippen molar-refractivity contribution in [3.8, 4) is 0 Å². The van der Waals surface area contributed by atoms with Gasteiger partial charge in [-0.15, -0.1) is 0 Å². The predicted molar refractivity (Wildman–Crippen MR) is 56.4 cm³/mol. The second-order valence-corrected chi connectivity index (χ2v) is 5.15. The van der Waals surface area contributed by atoms with Crippen LogP contribution in [0.2, 0.25) is 0 Å². The van der Waals surface area contributed by atoms with Crippen molar-refractivity contribution in [3.05, 3.63) is 29.8 Å². The molecule has 0 bridgehead atoms. The zero-order valence-electron chi connectivity index (χ0n) is 8.42. The Balaban J connectivity index is 2.11. The minimum Gasteiger partial charge on any atom is -0.395 e. The maximum Gasteiger partial charge on any atom is 0.446 e. The molecule has 0 unspecified atom stereocenters. The van der Waals surface area contributed by atoms with E-state index in [-0.39, 0.29) is 28.7 Å². The fourth-order valence-corrected chi connectivity index (χ4v) is 2.24. The Hall–Kier alpha value is -0.680. The lowest BCUT2D eigenvalue weighted by Gasteiger charge is -2.12. The molecule has 1 aromatic rings. The van der Waals surface area contributed by atoms with Gasteiger partial charge in [-0.1, -0.05) is 12.1 Å². The fourth-order valence-electron chi connectivity index (χ4n) is 1.70. The van der Waals surface area contributed by atoms with Gasteiger partial charge in [0.2, 0.25) is 0 Å². The molecule has 88 valence electrons. The Morgan fingerprint density at radius 2 is 1.75 bits per heavy atom. The van der Waals surface area contributed by atoms with Gasteiger partial charge in [0.25, 0.3) is 0 Å². The first-order chi connectivity index (χ1) is 7.45. The van der Waals surface area contributed by atoms with Crippen LogP contribution in [0.4, 0.5) is 13.2 Å². The van der Waals surface area contributed by atoms with Gasteiger partial charge in [0.05, 0.1) is 6.61 Å². The van der Waals surface area contributed by atoms with E-state index >= 15 is 0 Å². The fraction of sp³-hybridized carbons (Fsp3) is 0.455. The van der Waals surface area contributed by atoms with Gasteiger partial charge in [-0.2, -0.15) is 13.2 Å². The van der Waals surface area contributed by atoms with E-state index in [1.807, 2.05) is 0 Å². The van der Waals surface area contributed by atoms with E-state index in [4.69, 9.17) is 0 Å². The summed E-state index contributed by atoms with van der Waals surface area (Å²) in [5.41, 5.74) is -3.49. The Labute approximate surface area is 95.7 Å². The molecule has 0 spiro atoms. The molecular weight excluding hydrogens is 237 g/mol. The summed E-state index contributed by atoms with van der Waals surface area (Å²) in [7, 11) is 0. The number of rotatable bonds is 3. The molecule has 0 radical (unpaired) electrons. The number of hydrogen-bond acceptors (Lipinski definition) is 2. The molecule has 1 saturated carbocycles. The average molecular weight is 248 g/mol. The van der Waals surface area contributed by atoms with E-state index in [9.17, 15) is 18.3 Å². The molecule has 0 heterocycles. The number of benzene rings is 1. The van der Waals surface area contributed by atoms with Crippen LogP contribution in [0.3, 0.4) is 0 Å². The molecule has 2 rings (SSSR count). The van der Waals surface area contributed by atoms with Crippen LogP contribution in [0.25, 0.3) is 0 Å². The summed E-state index contributed by atoms with van der Waals surface area (Å²) >= 11 is -0.114. The van der Waals surface area contributed by atoms with Gasteiger partial charge in [-0.3, -0.25) is 0 Å². The van der Waals surface area contributed by atoms with Crippen molar-refractivity contribution >= 4 is 11.8 Å². The van der Waals surface area contributed by atoms with Gasteiger partial charge in [0, 0.05) is 10.3 Å². The Kier molecular flexibility index (Phi) is 2.92. The van der Waals surface area contributed by atoms with E-state index < -0.39 is 5.51 Å². The highest BCUT2D eigenvalue weighted by molar-refractivity contribution is 8.00. The van der Waals surface area contributed by atoms with Crippen LogP contribution in [0, 0.1) is 0 Å². The van der Waals surface area contributed by atoms with Gasteiger partial charge < -0.3 is 5.11 Å². The molecule has 0 saturated heterocycles. The molecule has 1 aliphatic rings. The molecular formula is C11H11F3OS. The SMILES string of the molecule is OCC1(c2ccc(SC(F)(F)F)cc2)CC1. The standard InChI is InChI=1S/C11H11F3OS/c12-11(13,14)16-9-3-1-8(2-4-9)10(7-15)5-6-10/h1-4,15H,5-7H2. The van der Waals surface area contributed by atoms with Crippen LogP contribution >= 0.6 is 11.8 Å². The Bertz CT molecular complexity index is 368. The summed E-state index contributed by atoms with van der Waals surface area (Å²) in [5.74, 6) is 0. The normalized spacial score (nSPS) is 18.5. The Morgan fingerprint density at radius 3 is 2.12 bits per heavy atom. The minimum absolute atomic E-state index is 0.0682. The van der Waals surface area contributed by atoms with Crippen molar-refractivity contribution in [2.75, 3.05) is 6.61 Å². The molecule has 1 aromatic carbocycles. The molecule has 1 nitrogen and oxygen atoms in total. The van der Waals surface area contributed by atoms with Crippen molar-refractivity contribution in [3.63, 3.8) is 0 Å². The van der Waals surface area contributed by atoms with Crippen molar-refractivity contribution in [2.45, 2.75) is 28.7 Å². The van der Waals surface area contributed by atoms with Crippen LogP contribution in [0.5, 0.6) is 0 Å². The van der Waals surface area contributed by atoms with Gasteiger partial charge >= 0.3 is 5.51 Å². The Morgan fingerprint density at radius 1 is 1.19 bits per heavy atom. The summed E-state index contributed by atoms with van der Waals surface area (Å²) < 4.78 is 36.2. The van der Waals surface area contributed by atoms with Gasteiger partial charge in [0.15, 0.2) is 0 Å². The van der Waals surface area contributed by atoms with E-state index in [2.05, 4.69) is 0 Å². The molecule has 16 heavy (non-hydrogen) atoms. The van der Waals surface area contributed by atoms with Crippen molar-refractivity contribution in [2.24, 2.45) is 0 Å². The summed E-state index contributed by atoms with van der Waals surface area (Å²) in [6.07, 6.45) is 1.82. The van der Waals surface area contributed by atoms with E-state index in [0.29, 0.717) is 0 Å². The maximum atomic E-state index is 12.1. The summed E-state index contributed by atoms with van der Waals surface area (Å²) in [6.45, 7) is 0.0682. The van der Waals surface area contributed by atoms with Gasteiger partial charge in [0.1, 0.15) is 0 Å². The van der Waals surface area contributed by atoms with Gasteiger partial charge in [-0.05, 0) is 42.3 Å². The van der Waals surface area contributed by atoms with Crippen molar-refractivity contribution < 1.29 is 18.3 Å². The number of aliphatic hydroxyl groups excluding tert-OH is 1. The third kappa shape index (κ3) is 2.52. The molecule has 0 atom stereocenters. The highest BCUT2D eigenvalue weighted by Crippen LogP contribution is 2.48. The van der Waals surface area contributed by atoms with Crippen LogP contribution < -0.4 is 0 Å². The van der Waals surface area contributed by atoms with Crippen molar-refractivity contribution in [1.29, 1.82) is 0 Å². The lowest BCUT2D eigenvalue weighted by Crippen LogP contribution is -2.11. The molecule has 0 amide bonds. The number of hydrogen-bond donors (Lipinski definition) is 1. The average Bonchev–Trinajstić information content (AvgIpc) is 2.97. The quantitative estimate of drug-likeness (QED) is 0.828. The first-order valence-corrected chi connectivity index (χ1v) is 5.74. The van der Waals surface area contributed by atoms with Crippen LogP contribution in [0.1, 0.15) is 18.4 Å². The summed E-state index contributed by atoms with van der Waals surface area (Å²) in [6, 6.07) is 6.28. The third-order valence-electron chi connectivity index (χ3n) is 2.86. The first-order valence-electron chi connectivity index (χ1n) is 4.92. The summed E-state index contributed by atoms with van der Waals surface area (Å²) in [4.78, 5) is 0.185. The van der Waals surface area contributed by atoms with Crippen LogP contribution in [0.15, 0.2) is 29.2 Å². The highest BCUT2D eigenvalue weighted by atomic mass is 32.2. The number of alkyl halides is 3. The van der Waals surface area contributed by atoms with Crippen LogP contribution in [-0.2, 0) is 5.41 Å². The lowest BCUT2D eigenvalue weighted by atomic mass is 9.97. The molecule has 0 aromatic heterocycles. The van der Waals surface area contributed by atoms with E-state index in [0.717, 1.165) is 18.4 Å². The molecule has 1 fully saturated rings.